The molecule has 1 N–H and O–H groups in total. The van der Waals surface area contributed by atoms with E-state index in [1.165, 1.54) is 23.9 Å². The van der Waals surface area contributed by atoms with Crippen molar-refractivity contribution in [2.24, 2.45) is 0 Å². The van der Waals surface area contributed by atoms with Gasteiger partial charge in [-0.3, -0.25) is 4.55 Å². The summed E-state index contributed by atoms with van der Waals surface area (Å²) >= 11 is 1.17. The van der Waals surface area contributed by atoms with E-state index in [0.717, 1.165) is 0 Å². The molecule has 0 aliphatic rings. The zero-order valence-electron chi connectivity index (χ0n) is 6.93. The Labute approximate surface area is 82.3 Å². The van der Waals surface area contributed by atoms with Gasteiger partial charge >= 0.3 is 0 Å². The zero-order valence-corrected chi connectivity index (χ0v) is 8.57. The Morgan fingerprint density at radius 3 is 2.23 bits per heavy atom. The van der Waals surface area contributed by atoms with Gasteiger partial charge in [-0.05, 0) is 6.08 Å². The molecule has 0 aromatic rings. The van der Waals surface area contributed by atoms with Crippen molar-refractivity contribution < 1.29 is 13.0 Å². The van der Waals surface area contributed by atoms with Crippen LogP contribution in [0.5, 0.6) is 0 Å². The van der Waals surface area contributed by atoms with E-state index in [2.05, 4.69) is 19.7 Å². The molecule has 5 heteroatoms. The Hall–Kier alpha value is -0.780. The lowest BCUT2D eigenvalue weighted by Gasteiger charge is -1.97. The van der Waals surface area contributed by atoms with Gasteiger partial charge in [-0.25, -0.2) is 0 Å². The molecule has 0 bridgehead atoms. The van der Waals surface area contributed by atoms with Crippen LogP contribution in [0.2, 0.25) is 0 Å². The Bertz CT molecular complexity index is 350. The van der Waals surface area contributed by atoms with Crippen molar-refractivity contribution in [1.82, 2.24) is 0 Å². The number of hydrogen-bond acceptors (Lipinski definition) is 3. The molecule has 0 fully saturated rings. The fourth-order valence-corrected chi connectivity index (χ4v) is 1.38. The van der Waals surface area contributed by atoms with Gasteiger partial charge in [0.2, 0.25) is 0 Å². The van der Waals surface area contributed by atoms with E-state index in [-0.39, 0.29) is 0 Å². The molecule has 0 saturated heterocycles. The summed E-state index contributed by atoms with van der Waals surface area (Å²) in [7, 11) is -4.07. The van der Waals surface area contributed by atoms with Gasteiger partial charge < -0.3 is 0 Å². The van der Waals surface area contributed by atoms with E-state index >= 15 is 0 Å². The monoisotopic (exact) mass is 218 g/mol. The van der Waals surface area contributed by atoms with Crippen LogP contribution >= 0.6 is 11.8 Å². The Morgan fingerprint density at radius 1 is 1.31 bits per heavy atom. The van der Waals surface area contributed by atoms with E-state index in [1.54, 1.807) is 0 Å². The molecule has 0 aliphatic carbocycles. The van der Waals surface area contributed by atoms with Crippen LogP contribution in [-0.2, 0) is 10.1 Å². The van der Waals surface area contributed by atoms with Crippen molar-refractivity contribution in [3.63, 3.8) is 0 Å². The van der Waals surface area contributed by atoms with E-state index in [0.29, 0.717) is 15.2 Å². The van der Waals surface area contributed by atoms with Crippen molar-refractivity contribution in [1.29, 1.82) is 0 Å². The third-order valence-corrected chi connectivity index (χ3v) is 2.22. The number of allylic oxidation sites excluding steroid dienone is 2. The third kappa shape index (κ3) is 7.58. The highest BCUT2D eigenvalue weighted by atomic mass is 32.2. The van der Waals surface area contributed by atoms with Crippen LogP contribution in [0.15, 0.2) is 47.1 Å². The van der Waals surface area contributed by atoms with E-state index in [1.807, 2.05) is 0 Å². The lowest BCUT2D eigenvalue weighted by Crippen LogP contribution is -1.88. The number of thioether (sulfide) groups is 1. The first-order chi connectivity index (χ1) is 5.85. The number of hydrogen-bond donors (Lipinski definition) is 1. The second-order valence-corrected chi connectivity index (χ2v) is 4.61. The average Bonchev–Trinajstić information content (AvgIpc) is 1.99. The first-order valence-corrected chi connectivity index (χ1v) is 5.51. The van der Waals surface area contributed by atoms with E-state index in [4.69, 9.17) is 4.55 Å². The highest BCUT2D eigenvalue weighted by Crippen LogP contribution is 2.23. The molecule has 0 amide bonds. The Morgan fingerprint density at radius 2 is 1.85 bits per heavy atom. The van der Waals surface area contributed by atoms with Crippen LogP contribution in [0.25, 0.3) is 0 Å². The molecule has 0 atom stereocenters. The summed E-state index contributed by atoms with van der Waals surface area (Å²) < 4.78 is 28.9. The van der Waals surface area contributed by atoms with Gasteiger partial charge in [-0.1, -0.05) is 37.6 Å². The molecule has 0 saturated carbocycles. The summed E-state index contributed by atoms with van der Waals surface area (Å²) in [4.78, 5) is 1.12. The van der Waals surface area contributed by atoms with Crippen molar-refractivity contribution >= 4 is 21.9 Å². The van der Waals surface area contributed by atoms with Crippen LogP contribution in [0.4, 0.5) is 0 Å². The summed E-state index contributed by atoms with van der Waals surface area (Å²) in [5.41, 5.74) is 0. The minimum Gasteiger partial charge on any atom is -0.282 e. The summed E-state index contributed by atoms with van der Waals surface area (Å²) in [6.07, 6.45) is 2.71. The van der Waals surface area contributed by atoms with Crippen molar-refractivity contribution in [3.8, 4) is 0 Å². The minimum absolute atomic E-state index is 0.461. The van der Waals surface area contributed by atoms with Crippen LogP contribution in [0.3, 0.4) is 0 Å². The van der Waals surface area contributed by atoms with Crippen LogP contribution < -0.4 is 0 Å². The van der Waals surface area contributed by atoms with Gasteiger partial charge in [-0.15, -0.1) is 0 Å². The molecular formula is C8H10O3S2. The fraction of sp³-hybridized carbons (Fsp3) is 0. The predicted molar refractivity (Wildman–Crippen MR) is 56.8 cm³/mol. The quantitative estimate of drug-likeness (QED) is 0.568. The lowest BCUT2D eigenvalue weighted by molar-refractivity contribution is 0.494. The van der Waals surface area contributed by atoms with E-state index in [9.17, 15) is 8.42 Å². The minimum atomic E-state index is -4.07. The maximum absolute atomic E-state index is 10.3. The molecule has 0 spiro atoms. The van der Waals surface area contributed by atoms with Gasteiger partial charge in [0.15, 0.2) is 0 Å². The largest absolute Gasteiger partial charge is 0.287 e. The van der Waals surface area contributed by atoms with Crippen molar-refractivity contribution in [3.05, 3.63) is 47.1 Å². The van der Waals surface area contributed by atoms with Gasteiger partial charge in [0.05, 0.1) is 5.41 Å². The van der Waals surface area contributed by atoms with Crippen LogP contribution in [0, 0.1) is 0 Å². The second-order valence-electron chi connectivity index (χ2n) is 2.06. The average molecular weight is 218 g/mol. The van der Waals surface area contributed by atoms with Crippen LogP contribution in [-0.4, -0.2) is 13.0 Å². The zero-order chi connectivity index (χ0) is 10.5. The van der Waals surface area contributed by atoms with Crippen molar-refractivity contribution in [2.75, 3.05) is 0 Å². The van der Waals surface area contributed by atoms with Gasteiger partial charge in [0, 0.05) is 9.81 Å². The predicted octanol–water partition coefficient (Wildman–Crippen LogP) is 2.33. The summed E-state index contributed by atoms with van der Waals surface area (Å²) in [6.45, 7) is 10.6. The molecule has 0 aromatic carbocycles. The maximum atomic E-state index is 10.3. The van der Waals surface area contributed by atoms with Gasteiger partial charge in [-0.2, -0.15) is 8.42 Å². The molecule has 0 unspecified atom stereocenters. The Kier molecular flexibility index (Phi) is 4.76. The second kappa shape index (κ2) is 5.06. The smallest absolute Gasteiger partial charge is 0.282 e. The maximum Gasteiger partial charge on any atom is 0.287 e. The molecular weight excluding hydrogens is 208 g/mol. The molecule has 72 valence electrons. The number of rotatable bonds is 5. The first-order valence-electron chi connectivity index (χ1n) is 3.19. The van der Waals surface area contributed by atoms with Gasteiger partial charge in [0.1, 0.15) is 0 Å². The standard InChI is InChI=1S/C8H10O3S2/c1-4-7(2)12-8(3)5-6-13(9,10)11/h4-6H,1-3H2,(H,9,10,11). The Balaban J connectivity index is 4.26. The highest BCUT2D eigenvalue weighted by Gasteiger charge is 1.97. The van der Waals surface area contributed by atoms with Crippen molar-refractivity contribution in [2.45, 2.75) is 0 Å². The highest BCUT2D eigenvalue weighted by molar-refractivity contribution is 8.07. The summed E-state index contributed by atoms with van der Waals surface area (Å²) in [5, 5.41) is 0.665. The molecule has 3 nitrogen and oxygen atoms in total. The molecule has 0 aliphatic heterocycles. The SMILES string of the molecule is C=CC(=C)SC(=C)C=CS(=O)(=O)O. The van der Waals surface area contributed by atoms with Crippen LogP contribution in [0.1, 0.15) is 0 Å². The normalized spacial score (nSPS) is 11.5. The molecule has 13 heavy (non-hydrogen) atoms. The molecule has 0 heterocycles. The molecule has 0 radical (unpaired) electrons. The topological polar surface area (TPSA) is 54.4 Å². The molecule has 0 rings (SSSR count). The molecule has 0 aromatic heterocycles. The lowest BCUT2D eigenvalue weighted by atomic mass is 10.6. The third-order valence-electron chi connectivity index (χ3n) is 0.916. The summed E-state index contributed by atoms with van der Waals surface area (Å²) in [6, 6.07) is 0. The van der Waals surface area contributed by atoms with Gasteiger partial charge in [0.25, 0.3) is 10.1 Å². The van der Waals surface area contributed by atoms with E-state index < -0.39 is 10.1 Å². The fourth-order valence-electron chi connectivity index (χ4n) is 0.406. The first kappa shape index (κ1) is 12.2. The summed E-state index contributed by atoms with van der Waals surface area (Å²) in [5.74, 6) is 0.